The normalized spacial score (nSPS) is 21.5. The van der Waals surface area contributed by atoms with E-state index in [0.717, 1.165) is 37.4 Å². The quantitative estimate of drug-likeness (QED) is 0.576. The van der Waals surface area contributed by atoms with E-state index in [4.69, 9.17) is 14.9 Å². The molecule has 3 aliphatic rings. The molecule has 1 atom stereocenters. The third kappa shape index (κ3) is 6.59. The summed E-state index contributed by atoms with van der Waals surface area (Å²) in [5, 5.41) is 18.3. The number of halogens is 1. The average molecular weight is 463 g/mol. The number of piperidine rings is 3. The van der Waals surface area contributed by atoms with Crippen molar-refractivity contribution in [2.45, 2.75) is 18.9 Å². The summed E-state index contributed by atoms with van der Waals surface area (Å²) in [6.07, 6.45) is 2.75. The van der Waals surface area contributed by atoms with E-state index in [-0.39, 0.29) is 11.9 Å². The number of rotatable bonds is 5. The SMILES string of the molecule is O=C(Nc1ncsc1-c1cccc(F)c1)O[C@H]1CN2CCC1CC2.O=C(O)/C=C/C(=O)O. The first kappa shape index (κ1) is 23.4. The van der Waals surface area contributed by atoms with Crippen LogP contribution >= 0.6 is 11.3 Å². The molecule has 0 aliphatic carbocycles. The number of hydrogen-bond donors (Lipinski definition) is 3. The molecular weight excluding hydrogens is 441 g/mol. The van der Waals surface area contributed by atoms with Crippen molar-refractivity contribution in [2.75, 3.05) is 25.0 Å². The fourth-order valence-corrected chi connectivity index (χ4v) is 4.36. The van der Waals surface area contributed by atoms with Gasteiger partial charge in [-0.1, -0.05) is 12.1 Å². The number of carbonyl (C=O) groups is 3. The van der Waals surface area contributed by atoms with Crippen LogP contribution in [-0.2, 0) is 14.3 Å². The fraction of sp³-hybridized carbons (Fsp3) is 0.333. The first-order chi connectivity index (χ1) is 15.3. The Balaban J connectivity index is 0.000000312. The number of benzene rings is 1. The third-order valence-electron chi connectivity index (χ3n) is 5.10. The van der Waals surface area contributed by atoms with E-state index in [9.17, 15) is 18.8 Å². The number of aliphatic carboxylic acids is 2. The molecule has 9 nitrogen and oxygen atoms in total. The van der Waals surface area contributed by atoms with Gasteiger partial charge in [0.1, 0.15) is 11.9 Å². The number of aromatic nitrogens is 1. The maximum Gasteiger partial charge on any atom is 0.413 e. The molecule has 11 heteroatoms. The largest absolute Gasteiger partial charge is 0.478 e. The van der Waals surface area contributed by atoms with E-state index in [2.05, 4.69) is 15.2 Å². The molecule has 0 saturated carbocycles. The van der Waals surface area contributed by atoms with Crippen LogP contribution in [0.5, 0.6) is 0 Å². The lowest BCUT2D eigenvalue weighted by molar-refractivity contribution is -0.134. The summed E-state index contributed by atoms with van der Waals surface area (Å²) in [4.78, 5) is 38.6. The number of thiazole rings is 1. The third-order valence-corrected chi connectivity index (χ3v) is 5.97. The van der Waals surface area contributed by atoms with E-state index in [1.807, 2.05) is 0 Å². The highest BCUT2D eigenvalue weighted by Crippen LogP contribution is 2.33. The highest BCUT2D eigenvalue weighted by molar-refractivity contribution is 7.13. The highest BCUT2D eigenvalue weighted by atomic mass is 32.1. The first-order valence-corrected chi connectivity index (χ1v) is 10.7. The molecule has 0 unspecified atom stereocenters. The lowest BCUT2D eigenvalue weighted by atomic mass is 9.86. The van der Waals surface area contributed by atoms with E-state index in [0.29, 0.717) is 29.5 Å². The van der Waals surface area contributed by atoms with Crippen molar-refractivity contribution >= 4 is 35.2 Å². The Kier molecular flexibility index (Phi) is 7.90. The van der Waals surface area contributed by atoms with Gasteiger partial charge in [0.25, 0.3) is 0 Å². The summed E-state index contributed by atoms with van der Waals surface area (Å²) >= 11 is 1.36. The maximum absolute atomic E-state index is 13.4. The molecule has 3 N–H and O–H groups in total. The Bertz CT molecular complexity index is 987. The van der Waals surface area contributed by atoms with Gasteiger partial charge < -0.3 is 14.9 Å². The predicted molar refractivity (Wildman–Crippen MR) is 115 cm³/mol. The van der Waals surface area contributed by atoms with E-state index in [1.165, 1.54) is 23.5 Å². The Morgan fingerprint density at radius 3 is 2.44 bits per heavy atom. The van der Waals surface area contributed by atoms with Crippen LogP contribution in [0.2, 0.25) is 0 Å². The van der Waals surface area contributed by atoms with E-state index >= 15 is 0 Å². The Morgan fingerprint density at radius 1 is 1.19 bits per heavy atom. The lowest BCUT2D eigenvalue weighted by Crippen LogP contribution is -2.52. The molecule has 1 aromatic heterocycles. The van der Waals surface area contributed by atoms with E-state index in [1.54, 1.807) is 17.6 Å². The van der Waals surface area contributed by atoms with Crippen molar-refractivity contribution in [1.82, 2.24) is 9.88 Å². The summed E-state index contributed by atoms with van der Waals surface area (Å²) in [5.41, 5.74) is 2.32. The van der Waals surface area contributed by atoms with Crippen LogP contribution in [0.4, 0.5) is 15.0 Å². The Labute approximate surface area is 187 Å². The van der Waals surface area contributed by atoms with Crippen LogP contribution in [0.15, 0.2) is 41.9 Å². The van der Waals surface area contributed by atoms with Crippen LogP contribution in [0.1, 0.15) is 12.8 Å². The Hall–Kier alpha value is -3.31. The van der Waals surface area contributed by atoms with Crippen molar-refractivity contribution < 1.29 is 33.7 Å². The minimum Gasteiger partial charge on any atom is -0.478 e. The second-order valence-electron chi connectivity index (χ2n) is 7.26. The second kappa shape index (κ2) is 10.8. The minimum absolute atomic E-state index is 0.0521. The van der Waals surface area contributed by atoms with Gasteiger partial charge in [0.2, 0.25) is 0 Å². The first-order valence-electron chi connectivity index (χ1n) is 9.85. The molecule has 1 amide bonds. The number of carboxylic acids is 2. The molecule has 1 aromatic carbocycles. The number of nitrogens with one attached hydrogen (secondary N) is 1. The predicted octanol–water partition coefficient (Wildman–Crippen LogP) is 3.30. The molecule has 2 bridgehead atoms. The van der Waals surface area contributed by atoms with Gasteiger partial charge in [-0.15, -0.1) is 11.3 Å². The fourth-order valence-electron chi connectivity index (χ4n) is 3.62. The number of amides is 1. The summed E-state index contributed by atoms with van der Waals surface area (Å²) in [7, 11) is 0. The van der Waals surface area contributed by atoms with Crippen LogP contribution in [0.3, 0.4) is 0 Å². The standard InChI is InChI=1S/C17H18FN3O2S.C4H4O4/c18-13-3-1-2-12(8-13)15-16(19-10-24-15)20-17(22)23-14-9-21-6-4-11(14)5-7-21;5-3(6)1-2-4(7)8/h1-3,8,10-11,14H,4-7,9H2,(H,20,22);1-2H,(H,5,6)(H,7,8)/b;2-1+/t14-;/m0./s1. The molecule has 3 fully saturated rings. The van der Waals surface area contributed by atoms with Crippen LogP contribution in [0.25, 0.3) is 10.4 Å². The maximum atomic E-state index is 13.4. The number of carboxylic acid groups (broad SMARTS) is 2. The van der Waals surface area contributed by atoms with Crippen molar-refractivity contribution in [3.63, 3.8) is 0 Å². The van der Waals surface area contributed by atoms with E-state index < -0.39 is 18.0 Å². The van der Waals surface area contributed by atoms with Crippen LogP contribution in [-0.4, -0.2) is 63.9 Å². The number of hydrogen-bond acceptors (Lipinski definition) is 7. The molecule has 3 aliphatic heterocycles. The topological polar surface area (TPSA) is 129 Å². The smallest absolute Gasteiger partial charge is 0.413 e. The van der Waals surface area contributed by atoms with Gasteiger partial charge >= 0.3 is 18.0 Å². The van der Waals surface area contributed by atoms with Crippen LogP contribution < -0.4 is 5.32 Å². The number of fused-ring (bicyclic) bond motifs is 3. The molecule has 32 heavy (non-hydrogen) atoms. The van der Waals surface area contributed by atoms with Gasteiger partial charge in [0.15, 0.2) is 5.82 Å². The van der Waals surface area contributed by atoms with Gasteiger partial charge in [-0.25, -0.2) is 23.8 Å². The zero-order chi connectivity index (χ0) is 23.1. The van der Waals surface area contributed by atoms with Gasteiger partial charge in [0.05, 0.1) is 10.4 Å². The molecule has 0 radical (unpaired) electrons. The van der Waals surface area contributed by atoms with Crippen molar-refractivity contribution in [2.24, 2.45) is 5.92 Å². The number of anilines is 1. The number of nitrogens with zero attached hydrogens (tertiary/aromatic N) is 2. The summed E-state index contributed by atoms with van der Waals surface area (Å²) < 4.78 is 19.0. The number of ether oxygens (including phenoxy) is 1. The molecule has 0 spiro atoms. The lowest BCUT2D eigenvalue weighted by Gasteiger charge is -2.43. The molecule has 3 saturated heterocycles. The van der Waals surface area contributed by atoms with Gasteiger partial charge in [-0.05, 0) is 49.5 Å². The zero-order valence-electron chi connectivity index (χ0n) is 16.9. The molecule has 170 valence electrons. The van der Waals surface area contributed by atoms with Gasteiger partial charge in [-0.2, -0.15) is 0 Å². The zero-order valence-corrected chi connectivity index (χ0v) is 17.8. The average Bonchev–Trinajstić information content (AvgIpc) is 3.21. The highest BCUT2D eigenvalue weighted by Gasteiger charge is 2.36. The Morgan fingerprint density at radius 2 is 1.88 bits per heavy atom. The van der Waals surface area contributed by atoms with Gasteiger partial charge in [0, 0.05) is 18.7 Å². The summed E-state index contributed by atoms with van der Waals surface area (Å²) in [6.45, 7) is 3.01. The minimum atomic E-state index is -1.26. The van der Waals surface area contributed by atoms with Crippen molar-refractivity contribution in [1.29, 1.82) is 0 Å². The van der Waals surface area contributed by atoms with Gasteiger partial charge in [-0.3, -0.25) is 10.2 Å². The summed E-state index contributed by atoms with van der Waals surface area (Å²) in [5.74, 6) is -1.96. The summed E-state index contributed by atoms with van der Waals surface area (Å²) in [6, 6.07) is 6.25. The second-order valence-corrected chi connectivity index (χ2v) is 8.11. The molecule has 4 heterocycles. The number of carbonyl (C=O) groups excluding carboxylic acids is 1. The molecular formula is C21H22FN3O6S. The van der Waals surface area contributed by atoms with Crippen LogP contribution in [0, 0.1) is 11.7 Å². The molecule has 2 aromatic rings. The van der Waals surface area contributed by atoms with Crippen molar-refractivity contribution in [3.8, 4) is 10.4 Å². The van der Waals surface area contributed by atoms with Crippen molar-refractivity contribution in [3.05, 3.63) is 47.7 Å². The monoisotopic (exact) mass is 463 g/mol. The molecule has 5 rings (SSSR count).